The Morgan fingerprint density at radius 1 is 1.03 bits per heavy atom. The molecule has 10 heteroatoms. The summed E-state index contributed by atoms with van der Waals surface area (Å²) in [4.78, 5) is 38.7. The average molecular weight is 557 g/mol. The van der Waals surface area contributed by atoms with Gasteiger partial charge in [0.15, 0.2) is 6.61 Å². The molecule has 1 fully saturated rings. The highest BCUT2D eigenvalue weighted by atomic mass is 35.5. The van der Waals surface area contributed by atoms with Crippen LogP contribution in [0.3, 0.4) is 0 Å². The van der Waals surface area contributed by atoms with Crippen molar-refractivity contribution < 1.29 is 23.9 Å². The zero-order valence-corrected chi connectivity index (χ0v) is 22.0. The number of rotatable bonds is 9. The van der Waals surface area contributed by atoms with Gasteiger partial charge in [-0.3, -0.25) is 19.3 Å². The molecule has 1 saturated heterocycles. The number of carbonyl (C=O) groups excluding carboxylic acids is 3. The van der Waals surface area contributed by atoms with Crippen LogP contribution in [0.5, 0.6) is 11.5 Å². The lowest BCUT2D eigenvalue weighted by atomic mass is 10.2. The number of aryl methyl sites for hydroxylation is 1. The first kappa shape index (κ1) is 26.6. The van der Waals surface area contributed by atoms with E-state index in [0.29, 0.717) is 27.8 Å². The van der Waals surface area contributed by atoms with Gasteiger partial charge in [0.05, 0.1) is 16.5 Å². The molecule has 0 saturated carbocycles. The quantitative estimate of drug-likeness (QED) is 0.305. The van der Waals surface area contributed by atoms with E-state index in [0.717, 1.165) is 22.2 Å². The minimum Gasteiger partial charge on any atom is -0.492 e. The monoisotopic (exact) mass is 556 g/mol. The van der Waals surface area contributed by atoms with Gasteiger partial charge in [-0.25, -0.2) is 0 Å². The Morgan fingerprint density at radius 2 is 1.81 bits per heavy atom. The fraction of sp³-hybridized carbons (Fsp3) is 0.148. The molecule has 0 bridgehead atoms. The Hall–Kier alpha value is -3.46. The van der Waals surface area contributed by atoms with E-state index in [-0.39, 0.29) is 40.8 Å². The Morgan fingerprint density at radius 3 is 2.54 bits per heavy atom. The number of anilines is 1. The van der Waals surface area contributed by atoms with Crippen LogP contribution < -0.4 is 14.8 Å². The van der Waals surface area contributed by atoms with Crippen LogP contribution in [0.25, 0.3) is 6.08 Å². The molecule has 0 spiro atoms. The highest BCUT2D eigenvalue weighted by molar-refractivity contribution is 8.18. The van der Waals surface area contributed by atoms with E-state index in [4.69, 9.17) is 32.7 Å². The Kier molecular flexibility index (Phi) is 8.76. The second-order valence-corrected chi connectivity index (χ2v) is 9.87. The van der Waals surface area contributed by atoms with Crippen LogP contribution in [0.15, 0.2) is 71.6 Å². The number of ether oxygens (including phenoxy) is 2. The summed E-state index contributed by atoms with van der Waals surface area (Å²) in [7, 11) is 0. The predicted molar refractivity (Wildman–Crippen MR) is 146 cm³/mol. The number of imide groups is 1. The van der Waals surface area contributed by atoms with Crippen molar-refractivity contribution in [2.75, 3.05) is 25.1 Å². The molecule has 0 atom stereocenters. The van der Waals surface area contributed by atoms with Gasteiger partial charge in [0, 0.05) is 10.7 Å². The molecule has 0 aromatic heterocycles. The number of benzene rings is 3. The SMILES string of the molecule is Cc1cccc(NC(=O)COc2ccc(/C=C3\SC(=O)N(CCOc4ccc(Cl)cc4)C3=O)cc2Cl)c1. The van der Waals surface area contributed by atoms with Gasteiger partial charge in [-0.2, -0.15) is 0 Å². The van der Waals surface area contributed by atoms with E-state index in [1.165, 1.54) is 0 Å². The predicted octanol–water partition coefficient (Wildman–Crippen LogP) is 6.43. The van der Waals surface area contributed by atoms with Crippen LogP contribution in [0, 0.1) is 6.92 Å². The molecule has 0 unspecified atom stereocenters. The third kappa shape index (κ3) is 7.29. The number of halogens is 2. The van der Waals surface area contributed by atoms with Crippen molar-refractivity contribution in [3.63, 3.8) is 0 Å². The molecule has 0 aliphatic carbocycles. The molecule has 7 nitrogen and oxygen atoms in total. The van der Waals surface area contributed by atoms with Gasteiger partial charge < -0.3 is 14.8 Å². The van der Waals surface area contributed by atoms with Gasteiger partial charge in [0.2, 0.25) is 0 Å². The van der Waals surface area contributed by atoms with Crippen molar-refractivity contribution in [1.29, 1.82) is 0 Å². The summed E-state index contributed by atoms with van der Waals surface area (Å²) < 4.78 is 11.1. The molecule has 3 aromatic carbocycles. The standard InChI is InChI=1S/C27H22Cl2N2O5S/c1-17-3-2-4-20(13-17)30-25(32)16-36-23-10-5-18(14-22(23)29)15-24-26(33)31(27(34)37-24)11-12-35-21-8-6-19(28)7-9-21/h2-10,13-15H,11-12,16H2,1H3,(H,30,32)/b24-15-. The molecule has 1 aliphatic heterocycles. The lowest BCUT2D eigenvalue weighted by Crippen LogP contribution is -2.32. The van der Waals surface area contributed by atoms with Crippen molar-refractivity contribution in [3.05, 3.63) is 92.8 Å². The fourth-order valence-corrected chi connectivity index (χ4v) is 4.65. The van der Waals surface area contributed by atoms with Crippen LogP contribution in [0.1, 0.15) is 11.1 Å². The largest absolute Gasteiger partial charge is 0.492 e. The highest BCUT2D eigenvalue weighted by Gasteiger charge is 2.34. The molecule has 190 valence electrons. The summed E-state index contributed by atoms with van der Waals surface area (Å²) in [5.41, 5.74) is 2.33. The van der Waals surface area contributed by atoms with Crippen LogP contribution in [0.2, 0.25) is 10.0 Å². The smallest absolute Gasteiger partial charge is 0.293 e. The Balaban J connectivity index is 1.31. The van der Waals surface area contributed by atoms with E-state index < -0.39 is 5.91 Å². The second-order valence-electron chi connectivity index (χ2n) is 8.03. The first-order valence-electron chi connectivity index (χ1n) is 11.2. The molecule has 1 heterocycles. The van der Waals surface area contributed by atoms with Gasteiger partial charge in [0.1, 0.15) is 18.1 Å². The summed E-state index contributed by atoms with van der Waals surface area (Å²) in [6.45, 7) is 1.99. The minimum atomic E-state index is -0.404. The molecule has 3 amide bonds. The van der Waals surface area contributed by atoms with Crippen LogP contribution >= 0.6 is 35.0 Å². The fourth-order valence-electron chi connectivity index (χ4n) is 3.42. The minimum absolute atomic E-state index is 0.114. The van der Waals surface area contributed by atoms with Gasteiger partial charge in [-0.1, -0.05) is 41.4 Å². The van der Waals surface area contributed by atoms with Gasteiger partial charge in [-0.15, -0.1) is 0 Å². The first-order chi connectivity index (χ1) is 17.8. The molecule has 4 rings (SSSR count). The second kappa shape index (κ2) is 12.2. The Labute approximate surface area is 228 Å². The molecular formula is C27H22Cl2N2O5S. The number of nitrogens with zero attached hydrogens (tertiary/aromatic N) is 1. The van der Waals surface area contributed by atoms with Crippen molar-refractivity contribution >= 4 is 63.8 Å². The zero-order valence-electron chi connectivity index (χ0n) is 19.7. The number of thioether (sulfide) groups is 1. The molecular weight excluding hydrogens is 535 g/mol. The van der Waals surface area contributed by atoms with Crippen molar-refractivity contribution in [2.45, 2.75) is 6.92 Å². The van der Waals surface area contributed by atoms with E-state index in [1.54, 1.807) is 54.6 Å². The normalized spacial score (nSPS) is 14.2. The van der Waals surface area contributed by atoms with Crippen molar-refractivity contribution in [2.24, 2.45) is 0 Å². The number of carbonyl (C=O) groups is 3. The van der Waals surface area contributed by atoms with Crippen molar-refractivity contribution in [1.82, 2.24) is 4.90 Å². The van der Waals surface area contributed by atoms with Gasteiger partial charge >= 0.3 is 0 Å². The molecule has 3 aromatic rings. The summed E-state index contributed by atoms with van der Waals surface area (Å²) in [6.07, 6.45) is 1.59. The van der Waals surface area contributed by atoms with Crippen LogP contribution in [-0.2, 0) is 9.59 Å². The summed E-state index contributed by atoms with van der Waals surface area (Å²) >= 11 is 13.0. The molecule has 1 N–H and O–H groups in total. The lowest BCUT2D eigenvalue weighted by Gasteiger charge is -2.13. The number of amides is 3. The highest BCUT2D eigenvalue weighted by Crippen LogP contribution is 2.33. The third-order valence-electron chi connectivity index (χ3n) is 5.19. The van der Waals surface area contributed by atoms with Crippen LogP contribution in [-0.4, -0.2) is 41.7 Å². The maximum absolute atomic E-state index is 12.7. The van der Waals surface area contributed by atoms with E-state index in [9.17, 15) is 14.4 Å². The van der Waals surface area contributed by atoms with Gasteiger partial charge in [0.25, 0.3) is 17.1 Å². The lowest BCUT2D eigenvalue weighted by molar-refractivity contribution is -0.123. The molecule has 37 heavy (non-hydrogen) atoms. The third-order valence-corrected chi connectivity index (χ3v) is 6.64. The maximum Gasteiger partial charge on any atom is 0.293 e. The van der Waals surface area contributed by atoms with E-state index in [1.807, 2.05) is 25.1 Å². The topological polar surface area (TPSA) is 84.9 Å². The van der Waals surface area contributed by atoms with E-state index in [2.05, 4.69) is 5.32 Å². The van der Waals surface area contributed by atoms with Crippen molar-refractivity contribution in [3.8, 4) is 11.5 Å². The van der Waals surface area contributed by atoms with Crippen LogP contribution in [0.4, 0.5) is 10.5 Å². The zero-order chi connectivity index (χ0) is 26.4. The van der Waals surface area contributed by atoms with E-state index >= 15 is 0 Å². The average Bonchev–Trinajstić information content (AvgIpc) is 3.12. The summed E-state index contributed by atoms with van der Waals surface area (Å²) in [5.74, 6) is 0.195. The maximum atomic E-state index is 12.7. The molecule has 1 aliphatic rings. The number of nitrogens with one attached hydrogen (secondary N) is 1. The first-order valence-corrected chi connectivity index (χ1v) is 12.8. The summed E-state index contributed by atoms with van der Waals surface area (Å²) in [5, 5.41) is 3.25. The Bertz CT molecular complexity index is 1360. The summed E-state index contributed by atoms with van der Waals surface area (Å²) in [6, 6.07) is 19.2. The number of hydrogen-bond donors (Lipinski definition) is 1. The molecule has 0 radical (unpaired) electrons. The van der Waals surface area contributed by atoms with Gasteiger partial charge in [-0.05, 0) is 84.4 Å². The number of hydrogen-bond acceptors (Lipinski definition) is 6.